The fraction of sp³-hybridized carbons (Fsp3) is 0.789. The van der Waals surface area contributed by atoms with E-state index in [2.05, 4.69) is 26.0 Å². The van der Waals surface area contributed by atoms with Crippen molar-refractivity contribution >= 4 is 17.3 Å². The van der Waals surface area contributed by atoms with E-state index in [1.54, 1.807) is 18.4 Å². The Kier molecular flexibility index (Phi) is 5.21. The van der Waals surface area contributed by atoms with Crippen LogP contribution in [-0.2, 0) is 16.0 Å². The van der Waals surface area contributed by atoms with E-state index in [0.29, 0.717) is 30.0 Å². The zero-order valence-corrected chi connectivity index (χ0v) is 16.8. The minimum atomic E-state index is 0.0442. The second-order valence-corrected chi connectivity index (χ2v) is 8.68. The number of hydrogen-bond acceptors (Lipinski definition) is 5. The monoisotopic (exact) mass is 378 g/mol. The number of nitrogens with zero attached hydrogens (tertiary/aromatic N) is 2. The highest BCUT2D eigenvalue weighted by molar-refractivity contribution is 7.09. The van der Waals surface area contributed by atoms with E-state index in [1.807, 2.05) is 14.0 Å². The summed E-state index contributed by atoms with van der Waals surface area (Å²) in [7, 11) is 3.56. The van der Waals surface area contributed by atoms with Crippen LogP contribution in [0.3, 0.4) is 0 Å². The van der Waals surface area contributed by atoms with E-state index in [4.69, 9.17) is 9.47 Å². The van der Waals surface area contributed by atoms with Crippen molar-refractivity contribution in [3.05, 3.63) is 16.1 Å². The maximum absolute atomic E-state index is 6.08. The molecular weight excluding hydrogens is 348 g/mol. The number of aliphatic imine (C=N–C) groups is 1. The van der Waals surface area contributed by atoms with Gasteiger partial charge >= 0.3 is 0 Å². The van der Waals surface area contributed by atoms with Gasteiger partial charge < -0.3 is 20.1 Å². The molecule has 0 aromatic carbocycles. The summed E-state index contributed by atoms with van der Waals surface area (Å²) in [6.45, 7) is 3.62. The molecule has 2 aliphatic carbocycles. The normalized spacial score (nSPS) is 30.9. The SMILES string of the molecule is CN=C(NCc1csc(C(C)OC)n1)NC1C2CCOC2C12CCCC2. The van der Waals surface area contributed by atoms with E-state index in [-0.39, 0.29) is 6.10 Å². The molecule has 2 N–H and O–H groups in total. The molecule has 144 valence electrons. The number of aromatic nitrogens is 1. The second-order valence-electron chi connectivity index (χ2n) is 7.79. The highest BCUT2D eigenvalue weighted by atomic mass is 32.1. The minimum absolute atomic E-state index is 0.0442. The van der Waals surface area contributed by atoms with Crippen LogP contribution in [-0.4, -0.2) is 43.9 Å². The molecule has 3 aliphatic rings. The zero-order valence-electron chi connectivity index (χ0n) is 16.0. The number of nitrogens with one attached hydrogen (secondary N) is 2. The van der Waals surface area contributed by atoms with Crippen LogP contribution in [0.4, 0.5) is 0 Å². The van der Waals surface area contributed by atoms with Crippen molar-refractivity contribution in [3.8, 4) is 0 Å². The standard InChI is InChI=1S/C19H30N4O2S/c1-12(24-3)17-22-13(11-26-17)10-21-18(20-2)23-15-14-6-9-25-16(14)19(15)7-4-5-8-19/h11-12,14-16H,4-10H2,1-3H3,(H2,20,21,23). The lowest BCUT2D eigenvalue weighted by Crippen LogP contribution is -2.69. The van der Waals surface area contributed by atoms with Crippen LogP contribution in [0.1, 0.15) is 55.8 Å². The second kappa shape index (κ2) is 7.44. The van der Waals surface area contributed by atoms with E-state index < -0.39 is 0 Å². The van der Waals surface area contributed by atoms with Gasteiger partial charge in [0.2, 0.25) is 0 Å². The van der Waals surface area contributed by atoms with Gasteiger partial charge in [0.25, 0.3) is 0 Å². The molecule has 4 unspecified atom stereocenters. The Morgan fingerprint density at radius 2 is 2.31 bits per heavy atom. The number of hydrogen-bond donors (Lipinski definition) is 2. The topological polar surface area (TPSA) is 67.8 Å². The molecule has 2 saturated carbocycles. The molecule has 2 heterocycles. The molecule has 0 amide bonds. The first-order valence-corrected chi connectivity index (χ1v) is 10.6. The van der Waals surface area contributed by atoms with Crippen LogP contribution >= 0.6 is 11.3 Å². The summed E-state index contributed by atoms with van der Waals surface area (Å²) < 4.78 is 11.4. The number of fused-ring (bicyclic) bond motifs is 2. The predicted molar refractivity (Wildman–Crippen MR) is 103 cm³/mol. The molecule has 7 heteroatoms. The van der Waals surface area contributed by atoms with Crippen molar-refractivity contribution in [2.45, 2.75) is 63.8 Å². The van der Waals surface area contributed by atoms with Crippen molar-refractivity contribution in [2.75, 3.05) is 20.8 Å². The maximum Gasteiger partial charge on any atom is 0.191 e. The largest absolute Gasteiger partial charge is 0.377 e. The summed E-state index contributed by atoms with van der Waals surface area (Å²) in [5, 5.41) is 10.3. The molecule has 1 aromatic rings. The first kappa shape index (κ1) is 18.2. The number of guanidine groups is 1. The Balaban J connectivity index is 1.37. The van der Waals surface area contributed by atoms with Crippen molar-refractivity contribution < 1.29 is 9.47 Å². The third kappa shape index (κ3) is 3.04. The zero-order chi connectivity index (χ0) is 18.1. The van der Waals surface area contributed by atoms with E-state index in [1.165, 1.54) is 32.1 Å². The molecule has 1 saturated heterocycles. The van der Waals surface area contributed by atoms with Crippen LogP contribution in [0.15, 0.2) is 10.4 Å². The highest BCUT2D eigenvalue weighted by Gasteiger charge is 2.65. The van der Waals surface area contributed by atoms with Gasteiger partial charge in [-0.25, -0.2) is 4.98 Å². The molecular formula is C19H30N4O2S. The van der Waals surface area contributed by atoms with Crippen molar-refractivity contribution in [1.82, 2.24) is 15.6 Å². The predicted octanol–water partition coefficient (Wildman–Crippen LogP) is 2.86. The summed E-state index contributed by atoms with van der Waals surface area (Å²) in [5.41, 5.74) is 1.36. The van der Waals surface area contributed by atoms with Crippen molar-refractivity contribution in [3.63, 3.8) is 0 Å². The van der Waals surface area contributed by atoms with Gasteiger partial charge in [0, 0.05) is 43.5 Å². The Hall–Kier alpha value is -1.18. The summed E-state index contributed by atoms with van der Waals surface area (Å²) in [6.07, 6.45) is 6.91. The van der Waals surface area contributed by atoms with Gasteiger partial charge in [0.1, 0.15) is 11.1 Å². The smallest absolute Gasteiger partial charge is 0.191 e. The molecule has 3 fully saturated rings. The molecule has 4 atom stereocenters. The van der Waals surface area contributed by atoms with E-state index in [9.17, 15) is 0 Å². The highest BCUT2D eigenvalue weighted by Crippen LogP contribution is 2.60. The van der Waals surface area contributed by atoms with Crippen LogP contribution in [0.5, 0.6) is 0 Å². The lowest BCUT2D eigenvalue weighted by atomic mass is 9.54. The Morgan fingerprint density at radius 1 is 1.50 bits per heavy atom. The van der Waals surface area contributed by atoms with Gasteiger partial charge in [-0.2, -0.15) is 0 Å². The molecule has 0 radical (unpaired) electrons. The summed E-state index contributed by atoms with van der Waals surface area (Å²) in [6, 6.07) is 0.489. The Labute approximate surface area is 159 Å². The van der Waals surface area contributed by atoms with Crippen LogP contribution in [0, 0.1) is 11.3 Å². The van der Waals surface area contributed by atoms with Crippen LogP contribution < -0.4 is 10.6 Å². The molecule has 0 bridgehead atoms. The molecule has 6 nitrogen and oxygen atoms in total. The average Bonchev–Trinajstić information content (AvgIpc) is 3.40. The lowest BCUT2D eigenvalue weighted by Gasteiger charge is -2.57. The average molecular weight is 379 g/mol. The van der Waals surface area contributed by atoms with E-state index >= 15 is 0 Å². The van der Waals surface area contributed by atoms with Crippen molar-refractivity contribution in [2.24, 2.45) is 16.3 Å². The third-order valence-electron chi connectivity index (χ3n) is 6.51. The van der Waals surface area contributed by atoms with Crippen LogP contribution in [0.25, 0.3) is 0 Å². The van der Waals surface area contributed by atoms with Crippen LogP contribution in [0.2, 0.25) is 0 Å². The molecule has 4 rings (SSSR count). The lowest BCUT2D eigenvalue weighted by molar-refractivity contribution is -0.125. The molecule has 1 spiro atoms. The number of thiazole rings is 1. The van der Waals surface area contributed by atoms with Gasteiger partial charge in [-0.1, -0.05) is 12.8 Å². The number of rotatable bonds is 5. The third-order valence-corrected chi connectivity index (χ3v) is 7.56. The summed E-state index contributed by atoms with van der Waals surface area (Å²) in [5.74, 6) is 1.51. The van der Waals surface area contributed by atoms with Gasteiger partial charge in [0.15, 0.2) is 5.96 Å². The number of ether oxygens (including phenoxy) is 2. The fourth-order valence-electron chi connectivity index (χ4n) is 5.11. The maximum atomic E-state index is 6.08. The van der Waals surface area contributed by atoms with Gasteiger partial charge in [-0.3, -0.25) is 4.99 Å². The Morgan fingerprint density at radius 3 is 3.04 bits per heavy atom. The minimum Gasteiger partial charge on any atom is -0.377 e. The summed E-state index contributed by atoms with van der Waals surface area (Å²) in [4.78, 5) is 9.11. The van der Waals surface area contributed by atoms with Gasteiger partial charge in [-0.05, 0) is 26.2 Å². The molecule has 26 heavy (non-hydrogen) atoms. The summed E-state index contributed by atoms with van der Waals surface area (Å²) >= 11 is 1.65. The first-order valence-electron chi connectivity index (χ1n) is 9.74. The number of methoxy groups -OCH3 is 1. The van der Waals surface area contributed by atoms with E-state index in [0.717, 1.165) is 23.3 Å². The Bertz CT molecular complexity index is 656. The fourth-order valence-corrected chi connectivity index (χ4v) is 5.96. The van der Waals surface area contributed by atoms with Crippen molar-refractivity contribution in [1.29, 1.82) is 0 Å². The molecule has 1 aliphatic heterocycles. The quantitative estimate of drug-likeness (QED) is 0.609. The van der Waals surface area contributed by atoms with Gasteiger partial charge in [-0.15, -0.1) is 11.3 Å². The first-order chi connectivity index (χ1) is 12.7. The van der Waals surface area contributed by atoms with Gasteiger partial charge in [0.05, 0.1) is 18.3 Å². The molecule has 1 aromatic heterocycles.